The van der Waals surface area contributed by atoms with Crippen molar-refractivity contribution in [2.45, 2.75) is 25.8 Å². The number of hydrogen-bond donors (Lipinski definition) is 2. The van der Waals surface area contributed by atoms with Crippen molar-refractivity contribution in [2.24, 2.45) is 5.73 Å². The van der Waals surface area contributed by atoms with Gasteiger partial charge in [-0.25, -0.2) is 0 Å². The predicted octanol–water partition coefficient (Wildman–Crippen LogP) is 1.42. The molecule has 3 N–H and O–H groups in total. The first-order valence-electron chi connectivity index (χ1n) is 6.58. The number of anilines is 1. The Bertz CT molecular complexity index is 402. The number of benzene rings is 1. The third kappa shape index (κ3) is 3.01. The molecule has 0 saturated carbocycles. The van der Waals surface area contributed by atoms with Gasteiger partial charge in [-0.2, -0.15) is 0 Å². The lowest BCUT2D eigenvalue weighted by Crippen LogP contribution is -2.28. The van der Waals surface area contributed by atoms with Crippen LogP contribution in [0.3, 0.4) is 0 Å². The third-order valence-corrected chi connectivity index (χ3v) is 3.44. The summed E-state index contributed by atoms with van der Waals surface area (Å²) in [6.07, 6.45) is 1.51. The summed E-state index contributed by atoms with van der Waals surface area (Å²) in [6, 6.07) is 8.49. The van der Waals surface area contributed by atoms with Crippen LogP contribution in [0.5, 0.6) is 0 Å². The zero-order valence-electron chi connectivity index (χ0n) is 10.9. The average molecular weight is 247 g/mol. The molecule has 0 unspecified atom stereocenters. The van der Waals surface area contributed by atoms with E-state index in [-0.39, 0.29) is 11.9 Å². The zero-order chi connectivity index (χ0) is 13.0. The van der Waals surface area contributed by atoms with Crippen molar-refractivity contribution in [1.29, 1.82) is 0 Å². The summed E-state index contributed by atoms with van der Waals surface area (Å²) in [6.45, 7) is 4.45. The highest BCUT2D eigenvalue weighted by molar-refractivity contribution is 5.77. The van der Waals surface area contributed by atoms with E-state index in [1.165, 1.54) is 11.3 Å². The van der Waals surface area contributed by atoms with Crippen LogP contribution in [0.2, 0.25) is 0 Å². The quantitative estimate of drug-likeness (QED) is 0.849. The highest BCUT2D eigenvalue weighted by atomic mass is 16.1. The highest BCUT2D eigenvalue weighted by Crippen LogP contribution is 2.20. The molecule has 0 aromatic heterocycles. The van der Waals surface area contributed by atoms with Crippen LogP contribution in [-0.4, -0.2) is 25.5 Å². The Balaban J connectivity index is 2.06. The summed E-state index contributed by atoms with van der Waals surface area (Å²) < 4.78 is 0. The van der Waals surface area contributed by atoms with Crippen LogP contribution in [-0.2, 0) is 4.79 Å². The molecule has 4 heteroatoms. The lowest BCUT2D eigenvalue weighted by atomic mass is 10.1. The average Bonchev–Trinajstić information content (AvgIpc) is 2.63. The number of nitrogens with one attached hydrogen (secondary N) is 1. The Morgan fingerprint density at radius 1 is 1.33 bits per heavy atom. The Labute approximate surface area is 108 Å². The van der Waals surface area contributed by atoms with E-state index in [9.17, 15) is 4.79 Å². The molecule has 18 heavy (non-hydrogen) atoms. The fraction of sp³-hybridized carbons (Fsp3) is 0.500. The van der Waals surface area contributed by atoms with Gasteiger partial charge in [-0.3, -0.25) is 4.79 Å². The molecule has 0 spiro atoms. The molecule has 1 heterocycles. The van der Waals surface area contributed by atoms with Gasteiger partial charge in [0.25, 0.3) is 0 Å². The third-order valence-electron chi connectivity index (χ3n) is 3.44. The molecular weight excluding hydrogens is 226 g/mol. The van der Waals surface area contributed by atoms with Gasteiger partial charge in [-0.1, -0.05) is 19.1 Å². The Morgan fingerprint density at radius 3 is 2.72 bits per heavy atom. The molecule has 1 atom stereocenters. The van der Waals surface area contributed by atoms with E-state index in [0.29, 0.717) is 6.42 Å². The van der Waals surface area contributed by atoms with Gasteiger partial charge >= 0.3 is 0 Å². The summed E-state index contributed by atoms with van der Waals surface area (Å²) in [5, 5.41) is 2.88. The Kier molecular flexibility index (Phi) is 4.20. The highest BCUT2D eigenvalue weighted by Gasteiger charge is 2.13. The second-order valence-corrected chi connectivity index (χ2v) is 4.69. The summed E-state index contributed by atoms with van der Waals surface area (Å²) in [5.41, 5.74) is 8.33. The molecule has 1 aliphatic heterocycles. The predicted molar refractivity (Wildman–Crippen MR) is 73.5 cm³/mol. The number of nitrogens with zero attached hydrogens (tertiary/aromatic N) is 1. The molecule has 1 aliphatic rings. The lowest BCUT2D eigenvalue weighted by Gasteiger charge is -2.22. The minimum absolute atomic E-state index is 0.117. The van der Waals surface area contributed by atoms with Gasteiger partial charge in [0.05, 0.1) is 0 Å². The monoisotopic (exact) mass is 247 g/mol. The van der Waals surface area contributed by atoms with Crippen LogP contribution < -0.4 is 16.0 Å². The molecule has 1 saturated heterocycles. The fourth-order valence-corrected chi connectivity index (χ4v) is 2.19. The number of nitrogens with two attached hydrogens (primary N) is 1. The van der Waals surface area contributed by atoms with Crippen molar-refractivity contribution in [2.75, 3.05) is 24.5 Å². The maximum absolute atomic E-state index is 11.3. The van der Waals surface area contributed by atoms with Gasteiger partial charge in [0.15, 0.2) is 0 Å². The standard InChI is InChI=1S/C14H21N3O/c1-2-13(15)11-3-5-12(6-4-11)17-9-7-14(18)16-8-10-17/h3-6,13H,2,7-10,15H2,1H3,(H,16,18)/t13-/m0/s1. The van der Waals surface area contributed by atoms with Crippen LogP contribution in [0.4, 0.5) is 5.69 Å². The fourth-order valence-electron chi connectivity index (χ4n) is 2.19. The lowest BCUT2D eigenvalue weighted by molar-refractivity contribution is -0.120. The number of rotatable bonds is 3. The van der Waals surface area contributed by atoms with Crippen molar-refractivity contribution < 1.29 is 4.79 Å². The van der Waals surface area contributed by atoms with Gasteiger partial charge < -0.3 is 16.0 Å². The number of carbonyl (C=O) groups is 1. The molecule has 1 aromatic carbocycles. The van der Waals surface area contributed by atoms with Crippen LogP contribution in [0.25, 0.3) is 0 Å². The van der Waals surface area contributed by atoms with Crippen molar-refractivity contribution in [3.8, 4) is 0 Å². The van der Waals surface area contributed by atoms with Crippen molar-refractivity contribution >= 4 is 11.6 Å². The summed E-state index contributed by atoms with van der Waals surface area (Å²) in [4.78, 5) is 13.5. The van der Waals surface area contributed by atoms with E-state index in [4.69, 9.17) is 5.73 Å². The largest absolute Gasteiger partial charge is 0.369 e. The summed E-state index contributed by atoms with van der Waals surface area (Å²) >= 11 is 0. The Hall–Kier alpha value is -1.55. The van der Waals surface area contributed by atoms with Gasteiger partial charge in [0.2, 0.25) is 5.91 Å². The van der Waals surface area contributed by atoms with E-state index < -0.39 is 0 Å². The molecule has 1 amide bonds. The van der Waals surface area contributed by atoms with Crippen LogP contribution in [0.1, 0.15) is 31.4 Å². The molecule has 1 fully saturated rings. The van der Waals surface area contributed by atoms with E-state index in [1.54, 1.807) is 0 Å². The molecule has 2 rings (SSSR count). The van der Waals surface area contributed by atoms with Gasteiger partial charge in [-0.05, 0) is 24.1 Å². The SMILES string of the molecule is CC[C@H](N)c1ccc(N2CCNC(=O)CC2)cc1. The number of carbonyl (C=O) groups excluding carboxylic acids is 1. The van der Waals surface area contributed by atoms with Crippen molar-refractivity contribution in [3.63, 3.8) is 0 Å². The maximum Gasteiger partial charge on any atom is 0.221 e. The molecule has 0 radical (unpaired) electrons. The van der Waals surface area contributed by atoms with Gasteiger partial charge in [0.1, 0.15) is 0 Å². The first-order chi connectivity index (χ1) is 8.70. The first kappa shape index (κ1) is 12.9. The van der Waals surface area contributed by atoms with E-state index >= 15 is 0 Å². The maximum atomic E-state index is 11.3. The number of amides is 1. The first-order valence-corrected chi connectivity index (χ1v) is 6.58. The molecule has 0 bridgehead atoms. The van der Waals surface area contributed by atoms with Crippen LogP contribution >= 0.6 is 0 Å². The van der Waals surface area contributed by atoms with Crippen molar-refractivity contribution in [1.82, 2.24) is 5.32 Å². The minimum atomic E-state index is 0.117. The van der Waals surface area contributed by atoms with Crippen LogP contribution in [0, 0.1) is 0 Å². The minimum Gasteiger partial charge on any atom is -0.369 e. The van der Waals surface area contributed by atoms with E-state index in [2.05, 4.69) is 41.4 Å². The van der Waals surface area contributed by atoms with Crippen LogP contribution in [0.15, 0.2) is 24.3 Å². The molecule has 4 nitrogen and oxygen atoms in total. The van der Waals surface area contributed by atoms with E-state index in [0.717, 1.165) is 26.1 Å². The van der Waals surface area contributed by atoms with Gasteiger partial charge in [0, 0.05) is 37.8 Å². The Morgan fingerprint density at radius 2 is 2.06 bits per heavy atom. The summed E-state index contributed by atoms with van der Waals surface area (Å²) in [5.74, 6) is 0.141. The number of hydrogen-bond acceptors (Lipinski definition) is 3. The van der Waals surface area contributed by atoms with Crippen molar-refractivity contribution in [3.05, 3.63) is 29.8 Å². The topological polar surface area (TPSA) is 58.4 Å². The molecule has 1 aromatic rings. The summed E-state index contributed by atoms with van der Waals surface area (Å²) in [7, 11) is 0. The molecule has 98 valence electrons. The van der Waals surface area contributed by atoms with E-state index in [1.807, 2.05) is 0 Å². The normalized spacial score (nSPS) is 18.1. The molecule has 0 aliphatic carbocycles. The second-order valence-electron chi connectivity index (χ2n) is 4.69. The molecular formula is C14H21N3O. The van der Waals surface area contributed by atoms with Gasteiger partial charge in [-0.15, -0.1) is 0 Å². The zero-order valence-corrected chi connectivity index (χ0v) is 10.9. The second kappa shape index (κ2) is 5.87. The smallest absolute Gasteiger partial charge is 0.221 e.